The minimum absolute atomic E-state index is 0.235. The van der Waals surface area contributed by atoms with Crippen molar-refractivity contribution in [1.29, 1.82) is 0 Å². The van der Waals surface area contributed by atoms with Gasteiger partial charge in [-0.2, -0.15) is 0 Å². The normalized spacial score (nSPS) is 12.4. The molecule has 0 aliphatic carbocycles. The highest BCUT2D eigenvalue weighted by molar-refractivity contribution is 9.10. The summed E-state index contributed by atoms with van der Waals surface area (Å²) in [6.07, 6.45) is 1.74. The summed E-state index contributed by atoms with van der Waals surface area (Å²) in [7, 11) is 0. The molecule has 30 heavy (non-hydrogen) atoms. The molecule has 0 bridgehead atoms. The molecule has 3 aromatic rings. The molecule has 1 amide bonds. The third-order valence-electron chi connectivity index (χ3n) is 5.04. The maximum atomic E-state index is 12.7. The Morgan fingerprint density at radius 3 is 2.63 bits per heavy atom. The van der Waals surface area contributed by atoms with Crippen LogP contribution in [0.3, 0.4) is 0 Å². The van der Waals surface area contributed by atoms with E-state index in [2.05, 4.69) is 39.4 Å². The Balaban J connectivity index is 1.35. The Labute approximate surface area is 190 Å². The number of ether oxygens (including phenoxy) is 1. The molecule has 3 aromatic carbocycles. The Hall–Kier alpha value is -2.70. The maximum Gasteiger partial charge on any atom is 0.257 e. The molecule has 1 heterocycles. The van der Waals surface area contributed by atoms with E-state index in [4.69, 9.17) is 17.0 Å². The van der Waals surface area contributed by atoms with Gasteiger partial charge in [-0.3, -0.25) is 10.1 Å². The number of carbonyl (C=O) groups excluding carboxylic acids is 1. The van der Waals surface area contributed by atoms with Gasteiger partial charge >= 0.3 is 0 Å². The lowest BCUT2D eigenvalue weighted by Crippen LogP contribution is -2.41. The minimum Gasteiger partial charge on any atom is -0.492 e. The number of para-hydroxylation sites is 1. The molecule has 0 saturated heterocycles. The van der Waals surface area contributed by atoms with E-state index in [9.17, 15) is 4.79 Å². The summed E-state index contributed by atoms with van der Waals surface area (Å²) >= 11 is 8.99. The van der Waals surface area contributed by atoms with Crippen LogP contribution in [0.15, 0.2) is 77.3 Å². The van der Waals surface area contributed by atoms with Gasteiger partial charge in [-0.15, -0.1) is 0 Å². The number of nitrogens with zero attached hydrogens (tertiary/aromatic N) is 1. The number of halogens is 1. The molecular weight excluding hydrogens is 460 g/mol. The highest BCUT2D eigenvalue weighted by Gasteiger charge is 2.23. The number of carbonyl (C=O) groups is 1. The number of amides is 1. The molecule has 1 aliphatic heterocycles. The highest BCUT2D eigenvalue weighted by atomic mass is 79.9. The van der Waals surface area contributed by atoms with Gasteiger partial charge in [-0.1, -0.05) is 48.5 Å². The summed E-state index contributed by atoms with van der Waals surface area (Å²) in [6.45, 7) is 1.34. The molecule has 4 nitrogen and oxygen atoms in total. The second-order valence-corrected chi connectivity index (χ2v) is 8.26. The predicted molar refractivity (Wildman–Crippen MR) is 127 cm³/mol. The molecule has 0 atom stereocenters. The summed E-state index contributed by atoms with van der Waals surface area (Å²) in [5, 5.41) is 3.27. The molecule has 6 heteroatoms. The van der Waals surface area contributed by atoms with E-state index in [1.807, 2.05) is 41.3 Å². The Morgan fingerprint density at radius 1 is 1.07 bits per heavy atom. The summed E-state index contributed by atoms with van der Waals surface area (Å²) in [6, 6.07) is 23.6. The lowest BCUT2D eigenvalue weighted by atomic mass is 10.2. The van der Waals surface area contributed by atoms with Crippen LogP contribution in [0, 0.1) is 0 Å². The van der Waals surface area contributed by atoms with Gasteiger partial charge in [0.05, 0.1) is 11.1 Å². The summed E-state index contributed by atoms with van der Waals surface area (Å²) < 4.78 is 6.60. The first kappa shape index (κ1) is 20.6. The van der Waals surface area contributed by atoms with Crippen molar-refractivity contribution in [3.8, 4) is 5.75 Å². The van der Waals surface area contributed by atoms with E-state index in [-0.39, 0.29) is 5.91 Å². The lowest BCUT2D eigenvalue weighted by Gasteiger charge is -2.20. The van der Waals surface area contributed by atoms with Crippen molar-refractivity contribution in [2.45, 2.75) is 12.8 Å². The van der Waals surface area contributed by atoms with Crippen LogP contribution >= 0.6 is 28.1 Å². The van der Waals surface area contributed by atoms with E-state index in [1.165, 1.54) is 11.1 Å². The molecule has 0 spiro atoms. The van der Waals surface area contributed by atoms with Gasteiger partial charge in [-0.05, 0) is 70.0 Å². The van der Waals surface area contributed by atoms with Gasteiger partial charge in [0.2, 0.25) is 0 Å². The van der Waals surface area contributed by atoms with E-state index >= 15 is 0 Å². The van der Waals surface area contributed by atoms with Crippen molar-refractivity contribution in [2.24, 2.45) is 0 Å². The quantitative estimate of drug-likeness (QED) is 0.512. The Kier molecular flexibility index (Phi) is 6.45. The van der Waals surface area contributed by atoms with Crippen molar-refractivity contribution in [3.05, 3.63) is 94.0 Å². The fourth-order valence-corrected chi connectivity index (χ4v) is 4.24. The number of nitrogens with one attached hydrogen (secondary N) is 1. The van der Waals surface area contributed by atoms with Crippen LogP contribution in [0.4, 0.5) is 5.69 Å². The van der Waals surface area contributed by atoms with E-state index in [1.54, 1.807) is 18.2 Å². The van der Waals surface area contributed by atoms with Crippen molar-refractivity contribution in [2.75, 3.05) is 18.1 Å². The molecule has 0 radical (unpaired) electrons. The Bertz CT molecular complexity index is 1070. The first-order valence-corrected chi connectivity index (χ1v) is 11.0. The SMILES string of the molecule is O=C(NC(=S)N1CCc2ccccc21)c1ccc(OCCc2ccccc2)c(Br)c1. The van der Waals surface area contributed by atoms with Gasteiger partial charge in [-0.25, -0.2) is 0 Å². The molecule has 4 rings (SSSR count). The molecule has 0 fully saturated rings. The molecule has 1 aliphatic rings. The first-order valence-electron chi connectivity index (χ1n) is 9.79. The topological polar surface area (TPSA) is 41.6 Å². The molecule has 152 valence electrons. The molecule has 0 saturated carbocycles. The zero-order valence-electron chi connectivity index (χ0n) is 16.3. The van der Waals surface area contributed by atoms with Crippen molar-refractivity contribution in [1.82, 2.24) is 5.32 Å². The molecular formula is C24H21BrN2O2S. The molecule has 0 unspecified atom stereocenters. The summed E-state index contributed by atoms with van der Waals surface area (Å²) in [5.74, 6) is 0.472. The molecule has 0 aromatic heterocycles. The fourth-order valence-electron chi connectivity index (χ4n) is 3.47. The van der Waals surface area contributed by atoms with Gasteiger partial charge < -0.3 is 9.64 Å². The monoisotopic (exact) mass is 480 g/mol. The number of thiocarbonyl (C=S) groups is 1. The average molecular weight is 481 g/mol. The summed E-state index contributed by atoms with van der Waals surface area (Å²) in [4.78, 5) is 14.7. The standard InChI is InChI=1S/C24H21BrN2O2S/c25-20-16-19(10-11-22(20)29-15-13-17-6-2-1-3-7-17)23(28)26-24(30)27-14-12-18-8-4-5-9-21(18)27/h1-11,16H,12-15H2,(H,26,28,30). The third kappa shape index (κ3) is 4.71. The van der Waals surface area contributed by atoms with Crippen molar-refractivity contribution in [3.63, 3.8) is 0 Å². The van der Waals surface area contributed by atoms with Crippen LogP contribution in [-0.2, 0) is 12.8 Å². The van der Waals surface area contributed by atoms with Crippen LogP contribution in [0.1, 0.15) is 21.5 Å². The first-order chi connectivity index (χ1) is 14.6. The van der Waals surface area contributed by atoms with Gasteiger partial charge in [0.25, 0.3) is 5.91 Å². The minimum atomic E-state index is -0.235. The van der Waals surface area contributed by atoms with E-state index in [0.29, 0.717) is 23.0 Å². The van der Waals surface area contributed by atoms with E-state index < -0.39 is 0 Å². The zero-order chi connectivity index (χ0) is 20.9. The van der Waals surface area contributed by atoms with Crippen LogP contribution in [0.2, 0.25) is 0 Å². The summed E-state index contributed by atoms with van der Waals surface area (Å²) in [5.41, 5.74) is 4.05. The average Bonchev–Trinajstić information content (AvgIpc) is 3.20. The number of rotatable bonds is 5. The lowest BCUT2D eigenvalue weighted by molar-refractivity contribution is 0.0977. The second kappa shape index (κ2) is 9.41. The highest BCUT2D eigenvalue weighted by Crippen LogP contribution is 2.28. The largest absolute Gasteiger partial charge is 0.492 e. The smallest absolute Gasteiger partial charge is 0.257 e. The number of hydrogen-bond donors (Lipinski definition) is 1. The number of benzene rings is 3. The Morgan fingerprint density at radius 2 is 1.83 bits per heavy atom. The van der Waals surface area contributed by atoms with Crippen molar-refractivity contribution < 1.29 is 9.53 Å². The van der Waals surface area contributed by atoms with Crippen LogP contribution < -0.4 is 15.0 Å². The maximum absolute atomic E-state index is 12.7. The van der Waals surface area contributed by atoms with E-state index in [0.717, 1.165) is 29.5 Å². The third-order valence-corrected chi connectivity index (χ3v) is 5.98. The predicted octanol–water partition coefficient (Wildman–Crippen LogP) is 5.15. The van der Waals surface area contributed by atoms with Gasteiger partial charge in [0.1, 0.15) is 5.75 Å². The van der Waals surface area contributed by atoms with Crippen LogP contribution in [0.25, 0.3) is 0 Å². The fraction of sp³-hybridized carbons (Fsp3) is 0.167. The number of hydrogen-bond acceptors (Lipinski definition) is 3. The number of fused-ring (bicyclic) bond motifs is 1. The molecule has 1 N–H and O–H groups in total. The zero-order valence-corrected chi connectivity index (χ0v) is 18.7. The van der Waals surface area contributed by atoms with Crippen LogP contribution in [0.5, 0.6) is 5.75 Å². The van der Waals surface area contributed by atoms with Crippen molar-refractivity contribution >= 4 is 44.9 Å². The van der Waals surface area contributed by atoms with Gasteiger partial charge in [0, 0.05) is 24.2 Å². The van der Waals surface area contributed by atoms with Crippen LogP contribution in [-0.4, -0.2) is 24.2 Å². The second-order valence-electron chi connectivity index (χ2n) is 7.02. The van der Waals surface area contributed by atoms with Gasteiger partial charge in [0.15, 0.2) is 5.11 Å². The number of anilines is 1.